The first-order valence-corrected chi connectivity index (χ1v) is 8.93. The van der Waals surface area contributed by atoms with Crippen molar-refractivity contribution in [2.24, 2.45) is 0 Å². The normalized spacial score (nSPS) is 10.6. The van der Waals surface area contributed by atoms with E-state index >= 15 is 0 Å². The van der Waals surface area contributed by atoms with Crippen molar-refractivity contribution in [2.75, 3.05) is 5.32 Å². The minimum Gasteiger partial charge on any atom is -0.306 e. The van der Waals surface area contributed by atoms with E-state index in [1.807, 2.05) is 62.4 Å². The van der Waals surface area contributed by atoms with Gasteiger partial charge in [-0.1, -0.05) is 42.5 Å². The van der Waals surface area contributed by atoms with Crippen molar-refractivity contribution in [3.8, 4) is 16.9 Å². The number of nitrogens with one attached hydrogen (secondary N) is 1. The minimum atomic E-state index is -0.224. The summed E-state index contributed by atoms with van der Waals surface area (Å²) >= 11 is 0. The van der Waals surface area contributed by atoms with Crippen molar-refractivity contribution in [3.63, 3.8) is 0 Å². The molecule has 2 aromatic carbocycles. The van der Waals surface area contributed by atoms with Crippen LogP contribution in [0.15, 0.2) is 73.1 Å². The Morgan fingerprint density at radius 1 is 0.893 bits per heavy atom. The molecule has 4 aromatic rings. The third kappa shape index (κ3) is 3.66. The van der Waals surface area contributed by atoms with Crippen LogP contribution in [0.2, 0.25) is 0 Å². The number of amides is 1. The SMILES string of the molecule is Cc1cc(C)n(-c2cc(NC(=O)c3ccc(-c4ccccc4)cc3)ncn2)n1. The molecule has 0 saturated carbocycles. The standard InChI is InChI=1S/C22H19N5O/c1-15-12-16(2)27(26-15)21-13-20(23-14-24-21)25-22(28)19-10-8-18(9-11-19)17-6-4-3-5-7-17/h3-14H,1-2H3,(H,23,24,25,28). The number of rotatable bonds is 4. The summed E-state index contributed by atoms with van der Waals surface area (Å²) in [4.78, 5) is 21.0. The monoisotopic (exact) mass is 369 g/mol. The summed E-state index contributed by atoms with van der Waals surface area (Å²) < 4.78 is 1.72. The van der Waals surface area contributed by atoms with E-state index in [9.17, 15) is 4.79 Å². The van der Waals surface area contributed by atoms with Crippen molar-refractivity contribution in [1.29, 1.82) is 0 Å². The molecule has 138 valence electrons. The van der Waals surface area contributed by atoms with Gasteiger partial charge in [-0.15, -0.1) is 0 Å². The second-order valence-electron chi connectivity index (χ2n) is 6.50. The molecule has 0 spiro atoms. The first kappa shape index (κ1) is 17.6. The molecule has 0 aliphatic carbocycles. The predicted molar refractivity (Wildman–Crippen MR) is 108 cm³/mol. The Morgan fingerprint density at radius 2 is 1.61 bits per heavy atom. The van der Waals surface area contributed by atoms with Crippen molar-refractivity contribution >= 4 is 11.7 Å². The molecular formula is C22H19N5O. The summed E-state index contributed by atoms with van der Waals surface area (Å²) in [7, 11) is 0. The number of carbonyl (C=O) groups is 1. The van der Waals surface area contributed by atoms with Gasteiger partial charge in [0.15, 0.2) is 5.82 Å². The maximum Gasteiger partial charge on any atom is 0.256 e. The van der Waals surface area contributed by atoms with Crippen molar-refractivity contribution < 1.29 is 4.79 Å². The topological polar surface area (TPSA) is 72.7 Å². The fourth-order valence-electron chi connectivity index (χ4n) is 3.03. The lowest BCUT2D eigenvalue weighted by molar-refractivity contribution is 0.102. The van der Waals surface area contributed by atoms with Gasteiger partial charge in [-0.05, 0) is 43.2 Å². The number of aryl methyl sites for hydroxylation is 2. The number of hydrogen-bond acceptors (Lipinski definition) is 4. The Hall–Kier alpha value is -3.80. The third-order valence-electron chi connectivity index (χ3n) is 4.38. The lowest BCUT2D eigenvalue weighted by Gasteiger charge is -2.08. The lowest BCUT2D eigenvalue weighted by Crippen LogP contribution is -2.14. The van der Waals surface area contributed by atoms with E-state index in [1.54, 1.807) is 22.9 Å². The van der Waals surface area contributed by atoms with Crippen LogP contribution < -0.4 is 5.32 Å². The van der Waals surface area contributed by atoms with E-state index in [2.05, 4.69) is 20.4 Å². The van der Waals surface area contributed by atoms with Crippen molar-refractivity contribution in [1.82, 2.24) is 19.7 Å². The summed E-state index contributed by atoms with van der Waals surface area (Å²) in [6.07, 6.45) is 1.42. The fraction of sp³-hybridized carbons (Fsp3) is 0.0909. The molecule has 4 rings (SSSR count). The first-order valence-electron chi connectivity index (χ1n) is 8.93. The molecule has 0 saturated heterocycles. The van der Waals surface area contributed by atoms with Crippen LogP contribution >= 0.6 is 0 Å². The summed E-state index contributed by atoms with van der Waals surface area (Å²) in [5.41, 5.74) is 4.60. The molecule has 6 heteroatoms. The van der Waals surface area contributed by atoms with Crippen LogP contribution in [-0.2, 0) is 0 Å². The number of benzene rings is 2. The summed E-state index contributed by atoms with van der Waals surface area (Å²) in [5.74, 6) is 0.808. The van der Waals surface area contributed by atoms with Crippen LogP contribution in [0, 0.1) is 13.8 Å². The number of carbonyl (C=O) groups excluding carboxylic acids is 1. The minimum absolute atomic E-state index is 0.224. The largest absolute Gasteiger partial charge is 0.306 e. The van der Waals surface area contributed by atoms with Gasteiger partial charge < -0.3 is 5.32 Å². The van der Waals surface area contributed by atoms with Gasteiger partial charge in [-0.2, -0.15) is 5.10 Å². The second-order valence-corrected chi connectivity index (χ2v) is 6.50. The van der Waals surface area contributed by atoms with E-state index in [0.29, 0.717) is 17.2 Å². The quantitative estimate of drug-likeness (QED) is 0.585. The Morgan fingerprint density at radius 3 is 2.29 bits per heavy atom. The molecule has 2 aromatic heterocycles. The molecule has 0 aliphatic rings. The maximum absolute atomic E-state index is 12.6. The highest BCUT2D eigenvalue weighted by Crippen LogP contribution is 2.20. The molecule has 0 aliphatic heterocycles. The molecule has 2 heterocycles. The van der Waals surface area contributed by atoms with E-state index in [1.165, 1.54) is 6.33 Å². The molecule has 6 nitrogen and oxygen atoms in total. The van der Waals surface area contributed by atoms with Crippen LogP contribution in [0.3, 0.4) is 0 Å². The maximum atomic E-state index is 12.6. The van der Waals surface area contributed by atoms with Gasteiger partial charge in [0.1, 0.15) is 12.1 Å². The summed E-state index contributed by atoms with van der Waals surface area (Å²) in [5, 5.41) is 7.23. The van der Waals surface area contributed by atoms with Gasteiger partial charge in [0.2, 0.25) is 0 Å². The van der Waals surface area contributed by atoms with Gasteiger partial charge >= 0.3 is 0 Å². The van der Waals surface area contributed by atoms with Gasteiger partial charge in [0, 0.05) is 17.3 Å². The zero-order valence-corrected chi connectivity index (χ0v) is 15.6. The first-order chi connectivity index (χ1) is 13.6. The molecule has 0 unspecified atom stereocenters. The average Bonchev–Trinajstić information content (AvgIpc) is 3.07. The number of hydrogen-bond donors (Lipinski definition) is 1. The Bertz CT molecular complexity index is 1120. The van der Waals surface area contributed by atoms with Crippen molar-refractivity contribution in [3.05, 3.63) is 90.0 Å². The van der Waals surface area contributed by atoms with E-state index < -0.39 is 0 Å². The van der Waals surface area contributed by atoms with Gasteiger partial charge in [0.25, 0.3) is 5.91 Å². The Balaban J connectivity index is 1.52. The Kier molecular flexibility index (Phi) is 4.68. The molecule has 0 bridgehead atoms. The smallest absolute Gasteiger partial charge is 0.256 e. The lowest BCUT2D eigenvalue weighted by atomic mass is 10.0. The fourth-order valence-corrected chi connectivity index (χ4v) is 3.03. The highest BCUT2D eigenvalue weighted by molar-refractivity contribution is 6.04. The Labute approximate surface area is 162 Å². The van der Waals surface area contributed by atoms with Crippen LogP contribution in [-0.4, -0.2) is 25.7 Å². The number of anilines is 1. The highest BCUT2D eigenvalue weighted by Gasteiger charge is 2.10. The van der Waals surface area contributed by atoms with Gasteiger partial charge in [0.05, 0.1) is 5.69 Å². The summed E-state index contributed by atoms with van der Waals surface area (Å²) in [6.45, 7) is 3.88. The second kappa shape index (κ2) is 7.44. The van der Waals surface area contributed by atoms with E-state index in [-0.39, 0.29) is 5.91 Å². The van der Waals surface area contributed by atoms with Gasteiger partial charge in [-0.3, -0.25) is 4.79 Å². The van der Waals surface area contributed by atoms with Crippen LogP contribution in [0.25, 0.3) is 16.9 Å². The molecule has 1 N–H and O–H groups in total. The van der Waals surface area contributed by atoms with Gasteiger partial charge in [-0.25, -0.2) is 14.6 Å². The molecule has 0 fully saturated rings. The molecular weight excluding hydrogens is 350 g/mol. The molecule has 28 heavy (non-hydrogen) atoms. The summed E-state index contributed by atoms with van der Waals surface area (Å²) in [6, 6.07) is 21.2. The zero-order valence-electron chi connectivity index (χ0n) is 15.6. The van der Waals surface area contributed by atoms with Crippen molar-refractivity contribution in [2.45, 2.75) is 13.8 Å². The predicted octanol–water partition coefficient (Wildman–Crippen LogP) is 4.20. The number of nitrogens with zero attached hydrogens (tertiary/aromatic N) is 4. The van der Waals surface area contributed by atoms with E-state index in [0.717, 1.165) is 22.5 Å². The third-order valence-corrected chi connectivity index (χ3v) is 4.38. The molecule has 1 amide bonds. The number of aromatic nitrogens is 4. The van der Waals surface area contributed by atoms with Crippen LogP contribution in [0.5, 0.6) is 0 Å². The van der Waals surface area contributed by atoms with E-state index in [4.69, 9.17) is 0 Å². The average molecular weight is 369 g/mol. The molecule has 0 atom stereocenters. The van der Waals surface area contributed by atoms with Crippen LogP contribution in [0.4, 0.5) is 5.82 Å². The zero-order chi connectivity index (χ0) is 19.5. The highest BCUT2D eigenvalue weighted by atomic mass is 16.1. The van der Waals surface area contributed by atoms with Crippen LogP contribution in [0.1, 0.15) is 21.7 Å². The molecule has 0 radical (unpaired) electrons.